The molecule has 0 aliphatic rings. The molecular formula is C17H16N6. The second kappa shape index (κ2) is 5.31. The Morgan fingerprint density at radius 1 is 1.26 bits per heavy atom. The van der Waals surface area contributed by atoms with Crippen molar-refractivity contribution in [1.29, 1.82) is 5.53 Å². The molecule has 0 fully saturated rings. The molecule has 0 aliphatic carbocycles. The van der Waals surface area contributed by atoms with E-state index < -0.39 is 0 Å². The monoisotopic (exact) mass is 304 g/mol. The number of pyridine rings is 2. The van der Waals surface area contributed by atoms with Crippen LogP contribution in [0.1, 0.15) is 24.2 Å². The van der Waals surface area contributed by atoms with E-state index in [9.17, 15) is 0 Å². The van der Waals surface area contributed by atoms with Gasteiger partial charge in [-0.15, -0.1) is 0 Å². The molecular weight excluding hydrogens is 288 g/mol. The maximum Gasteiger partial charge on any atom is 0.173 e. The molecule has 3 aromatic heterocycles. The maximum absolute atomic E-state index is 7.14. The lowest BCUT2D eigenvalue weighted by Crippen LogP contribution is -2.14. The number of nitrogens with zero attached hydrogens (tertiary/aromatic N) is 4. The second-order valence-corrected chi connectivity index (χ2v) is 5.64. The molecule has 6 heteroatoms. The first-order chi connectivity index (χ1) is 11.2. The van der Waals surface area contributed by atoms with Crippen LogP contribution >= 0.6 is 0 Å². The minimum Gasteiger partial charge on any atom is -0.293 e. The Kier molecular flexibility index (Phi) is 3.15. The number of fused-ring (bicyclic) bond motifs is 2. The summed E-state index contributed by atoms with van der Waals surface area (Å²) in [6.07, 6.45) is 1.80. The van der Waals surface area contributed by atoms with Crippen molar-refractivity contribution >= 4 is 22.1 Å². The normalized spacial score (nSPS) is 12.7. The van der Waals surface area contributed by atoms with Crippen LogP contribution in [0.5, 0.6) is 0 Å². The van der Waals surface area contributed by atoms with E-state index in [1.165, 1.54) is 5.56 Å². The van der Waals surface area contributed by atoms with Gasteiger partial charge in [-0.2, -0.15) is 5.11 Å². The van der Waals surface area contributed by atoms with E-state index in [1.54, 1.807) is 6.20 Å². The minimum absolute atomic E-state index is 0.213. The molecule has 4 rings (SSSR count). The third-order valence-corrected chi connectivity index (χ3v) is 4.04. The van der Waals surface area contributed by atoms with E-state index in [2.05, 4.69) is 38.4 Å². The van der Waals surface area contributed by atoms with E-state index in [0.29, 0.717) is 0 Å². The number of aromatic amines is 1. The zero-order chi connectivity index (χ0) is 15.8. The molecule has 1 atom stereocenters. The van der Waals surface area contributed by atoms with E-state index in [1.807, 2.05) is 35.9 Å². The van der Waals surface area contributed by atoms with Crippen LogP contribution < -0.4 is 0 Å². The largest absolute Gasteiger partial charge is 0.293 e. The number of nitrogens with one attached hydrogen (secondary N) is 2. The van der Waals surface area contributed by atoms with Gasteiger partial charge in [0.1, 0.15) is 6.04 Å². The zero-order valence-electron chi connectivity index (χ0n) is 12.7. The predicted molar refractivity (Wildman–Crippen MR) is 88.5 cm³/mol. The predicted octanol–water partition coefficient (Wildman–Crippen LogP) is 4.05. The molecule has 0 saturated carbocycles. The molecule has 6 nitrogen and oxygen atoms in total. The summed E-state index contributed by atoms with van der Waals surface area (Å²) >= 11 is 0. The van der Waals surface area contributed by atoms with Gasteiger partial charge >= 0.3 is 0 Å². The fourth-order valence-electron chi connectivity index (χ4n) is 2.72. The zero-order valence-corrected chi connectivity index (χ0v) is 12.7. The van der Waals surface area contributed by atoms with Gasteiger partial charge in [0, 0.05) is 11.6 Å². The lowest BCUT2D eigenvalue weighted by Gasteiger charge is -2.17. The Morgan fingerprint density at radius 2 is 2.17 bits per heavy atom. The second-order valence-electron chi connectivity index (χ2n) is 5.64. The molecule has 1 aromatic carbocycles. The number of rotatable bonds is 4. The molecule has 0 aliphatic heterocycles. The summed E-state index contributed by atoms with van der Waals surface area (Å²) < 4.78 is 2.01. The Bertz CT molecular complexity index is 997. The summed E-state index contributed by atoms with van der Waals surface area (Å²) in [6.45, 7) is 2.59. The van der Waals surface area contributed by atoms with Crippen LogP contribution in [0.3, 0.4) is 0 Å². The molecule has 0 amide bonds. The summed E-state index contributed by atoms with van der Waals surface area (Å²) in [7, 11) is 0. The molecule has 2 N–H and O–H groups in total. The van der Waals surface area contributed by atoms with Crippen LogP contribution in [0.2, 0.25) is 0 Å². The average molecular weight is 304 g/mol. The van der Waals surface area contributed by atoms with Crippen molar-refractivity contribution in [1.82, 2.24) is 19.7 Å². The van der Waals surface area contributed by atoms with Crippen LogP contribution in [0.25, 0.3) is 22.1 Å². The van der Waals surface area contributed by atoms with Crippen molar-refractivity contribution in [3.05, 3.63) is 59.9 Å². The summed E-state index contributed by atoms with van der Waals surface area (Å²) in [5, 5.41) is 7.95. The highest BCUT2D eigenvalue weighted by Gasteiger charge is 2.12. The summed E-state index contributed by atoms with van der Waals surface area (Å²) in [5.41, 5.74) is 12.1. The highest BCUT2D eigenvalue weighted by Crippen LogP contribution is 2.21. The van der Waals surface area contributed by atoms with Crippen molar-refractivity contribution in [2.45, 2.75) is 19.5 Å². The van der Waals surface area contributed by atoms with Gasteiger partial charge in [-0.25, -0.2) is 10.5 Å². The van der Waals surface area contributed by atoms with Gasteiger partial charge in [0.2, 0.25) is 0 Å². The number of hydrogen-bond donors (Lipinski definition) is 2. The van der Waals surface area contributed by atoms with Crippen molar-refractivity contribution in [3.63, 3.8) is 0 Å². The quantitative estimate of drug-likeness (QED) is 0.557. The molecule has 114 valence electrons. The fraction of sp³-hybridized carbons (Fsp3) is 0.176. The first-order valence-corrected chi connectivity index (χ1v) is 7.50. The summed E-state index contributed by atoms with van der Waals surface area (Å²) in [5.74, 6) is 0. The number of hydrogen-bond acceptors (Lipinski definition) is 4. The van der Waals surface area contributed by atoms with Crippen molar-refractivity contribution in [3.8, 4) is 0 Å². The topological polar surface area (TPSA) is 82.7 Å². The first kappa shape index (κ1) is 13.6. The molecule has 0 spiro atoms. The standard InChI is InChI=1S/C17H16N6/c1-11(21-18)14-6-7-16-17(20-14)23(22-16)10-12-4-5-15-13(9-12)3-2-8-19-15/h2-9,11,18,22H,10H2,1H3. The van der Waals surface area contributed by atoms with E-state index in [4.69, 9.17) is 5.53 Å². The molecule has 0 radical (unpaired) electrons. The fourth-order valence-corrected chi connectivity index (χ4v) is 2.72. The van der Waals surface area contributed by atoms with Crippen molar-refractivity contribution < 1.29 is 0 Å². The highest BCUT2D eigenvalue weighted by atomic mass is 15.3. The Morgan fingerprint density at radius 3 is 3.04 bits per heavy atom. The Hall–Kier alpha value is -3.02. The van der Waals surface area contributed by atoms with Crippen molar-refractivity contribution in [2.24, 2.45) is 5.11 Å². The van der Waals surface area contributed by atoms with Crippen LogP contribution in [0.15, 0.2) is 53.8 Å². The minimum atomic E-state index is -0.213. The number of aromatic nitrogens is 4. The number of H-pyrrole nitrogens is 1. The van der Waals surface area contributed by atoms with Crippen LogP contribution in [-0.4, -0.2) is 19.7 Å². The van der Waals surface area contributed by atoms with E-state index >= 15 is 0 Å². The molecule has 1 unspecified atom stereocenters. The molecule has 23 heavy (non-hydrogen) atoms. The Balaban J connectivity index is 1.67. The van der Waals surface area contributed by atoms with Gasteiger partial charge in [-0.05, 0) is 42.8 Å². The Labute approximate surface area is 132 Å². The van der Waals surface area contributed by atoms with Crippen LogP contribution in [0.4, 0.5) is 0 Å². The van der Waals surface area contributed by atoms with Gasteiger partial charge in [0.15, 0.2) is 5.65 Å². The highest BCUT2D eigenvalue weighted by molar-refractivity contribution is 5.79. The molecule has 0 bridgehead atoms. The van der Waals surface area contributed by atoms with Gasteiger partial charge in [0.05, 0.1) is 23.3 Å². The van der Waals surface area contributed by atoms with Gasteiger partial charge < -0.3 is 0 Å². The van der Waals surface area contributed by atoms with Crippen molar-refractivity contribution in [2.75, 3.05) is 0 Å². The number of benzene rings is 1. The van der Waals surface area contributed by atoms with Crippen LogP contribution in [-0.2, 0) is 6.54 Å². The van der Waals surface area contributed by atoms with Gasteiger partial charge in [0.25, 0.3) is 0 Å². The van der Waals surface area contributed by atoms with Crippen LogP contribution in [0, 0.1) is 5.53 Å². The third kappa shape index (κ3) is 2.38. The average Bonchev–Trinajstić information content (AvgIpc) is 2.59. The third-order valence-electron chi connectivity index (χ3n) is 4.04. The van der Waals surface area contributed by atoms with Gasteiger partial charge in [-0.1, -0.05) is 12.1 Å². The SMILES string of the molecule is CC(N=N)c1ccc2[nH]n(Cc3ccc4ncccc4c3)c2n1. The van der Waals surface area contributed by atoms with E-state index in [-0.39, 0.29) is 6.04 Å². The van der Waals surface area contributed by atoms with E-state index in [0.717, 1.165) is 34.3 Å². The lowest BCUT2D eigenvalue weighted by molar-refractivity contribution is 0.658. The summed E-state index contributed by atoms with van der Waals surface area (Å²) in [4.78, 5) is 8.95. The molecule has 3 heterocycles. The molecule has 0 saturated heterocycles. The lowest BCUT2D eigenvalue weighted by atomic mass is 10.1. The summed E-state index contributed by atoms with van der Waals surface area (Å²) in [6, 6.07) is 14.0. The van der Waals surface area contributed by atoms with Gasteiger partial charge in [-0.3, -0.25) is 14.8 Å². The first-order valence-electron chi connectivity index (χ1n) is 7.50. The maximum atomic E-state index is 7.14. The smallest absolute Gasteiger partial charge is 0.173 e. The molecule has 4 aromatic rings.